The van der Waals surface area contributed by atoms with E-state index in [1.54, 1.807) is 6.33 Å². The Labute approximate surface area is 125 Å². The first-order chi connectivity index (χ1) is 10.3. The van der Waals surface area contributed by atoms with E-state index in [4.69, 9.17) is 0 Å². The van der Waals surface area contributed by atoms with Gasteiger partial charge in [-0.2, -0.15) is 0 Å². The molecule has 2 aromatic heterocycles. The third-order valence-corrected chi connectivity index (χ3v) is 3.99. The molecule has 0 radical (unpaired) electrons. The molecule has 0 spiro atoms. The van der Waals surface area contributed by atoms with Crippen molar-refractivity contribution in [1.29, 1.82) is 0 Å². The van der Waals surface area contributed by atoms with Gasteiger partial charge >= 0.3 is 0 Å². The summed E-state index contributed by atoms with van der Waals surface area (Å²) in [5.41, 5.74) is 2.27. The highest BCUT2D eigenvalue weighted by Crippen LogP contribution is 2.21. The van der Waals surface area contributed by atoms with Gasteiger partial charge in [-0.1, -0.05) is 13.8 Å². The summed E-state index contributed by atoms with van der Waals surface area (Å²) in [5.74, 6) is 1.02. The normalized spacial score (nSPS) is 15.8. The Morgan fingerprint density at radius 3 is 2.90 bits per heavy atom. The van der Waals surface area contributed by atoms with Crippen LogP contribution in [-0.2, 0) is 13.1 Å². The molecule has 21 heavy (non-hydrogen) atoms. The molecular formula is C15H22N6. The number of nitrogens with zero attached hydrogens (tertiary/aromatic N) is 5. The number of aromatic nitrogens is 4. The number of hydrogen-bond donors (Lipinski definition) is 1. The lowest BCUT2D eigenvalue weighted by molar-refractivity contribution is 0.524. The first-order valence-electron chi connectivity index (χ1n) is 7.62. The van der Waals surface area contributed by atoms with E-state index >= 15 is 0 Å². The lowest BCUT2D eigenvalue weighted by atomic mass is 10.1. The Morgan fingerprint density at radius 1 is 1.29 bits per heavy atom. The Balaban J connectivity index is 1.73. The van der Waals surface area contributed by atoms with Crippen LogP contribution in [0.5, 0.6) is 0 Å². The van der Waals surface area contributed by atoms with Crippen molar-refractivity contribution in [3.8, 4) is 0 Å². The fourth-order valence-corrected chi connectivity index (χ4v) is 2.78. The predicted octanol–water partition coefficient (Wildman–Crippen LogP) is 1.75. The second-order valence-electron chi connectivity index (χ2n) is 5.32. The minimum absolute atomic E-state index is 0.341. The van der Waals surface area contributed by atoms with Gasteiger partial charge in [0, 0.05) is 19.1 Å². The minimum atomic E-state index is 0.341. The van der Waals surface area contributed by atoms with Crippen molar-refractivity contribution < 1.29 is 0 Å². The molecule has 1 aliphatic heterocycles. The monoisotopic (exact) mass is 286 g/mol. The van der Waals surface area contributed by atoms with Crippen LogP contribution in [0, 0.1) is 0 Å². The summed E-state index contributed by atoms with van der Waals surface area (Å²) < 4.78 is 2.11. The standard InChI is InChI=1S/C15H22N6/c1-3-13(16-4-2)14-6-5-12(9-17-14)20-7-8-21-11-18-19-15(21)10-20/h5-6,9,11,13,16H,3-4,7-8,10H2,1-2H3. The minimum Gasteiger partial charge on any atom is -0.361 e. The number of hydrogen-bond acceptors (Lipinski definition) is 5. The maximum atomic E-state index is 4.64. The van der Waals surface area contributed by atoms with Gasteiger partial charge in [-0.25, -0.2) is 0 Å². The molecule has 3 heterocycles. The van der Waals surface area contributed by atoms with E-state index in [2.05, 4.69) is 55.9 Å². The molecule has 2 aromatic rings. The van der Waals surface area contributed by atoms with Crippen LogP contribution < -0.4 is 10.2 Å². The SMILES string of the molecule is CCNC(CC)c1ccc(N2CCn3cnnc3C2)cn1. The van der Waals surface area contributed by atoms with Crippen LogP contribution in [-0.4, -0.2) is 32.8 Å². The summed E-state index contributed by atoms with van der Waals surface area (Å²) in [6, 6.07) is 4.63. The van der Waals surface area contributed by atoms with Crippen LogP contribution in [0.2, 0.25) is 0 Å². The topological polar surface area (TPSA) is 58.9 Å². The van der Waals surface area contributed by atoms with Crippen LogP contribution in [0.1, 0.15) is 37.8 Å². The van der Waals surface area contributed by atoms with Crippen molar-refractivity contribution in [1.82, 2.24) is 25.1 Å². The predicted molar refractivity (Wildman–Crippen MR) is 82.0 cm³/mol. The second-order valence-corrected chi connectivity index (χ2v) is 5.32. The van der Waals surface area contributed by atoms with Gasteiger partial charge in [-0.3, -0.25) is 4.98 Å². The van der Waals surface area contributed by atoms with Crippen molar-refractivity contribution >= 4 is 5.69 Å². The molecule has 0 fully saturated rings. The molecule has 6 heteroatoms. The zero-order valence-corrected chi connectivity index (χ0v) is 12.7. The van der Waals surface area contributed by atoms with Crippen LogP contribution in [0.3, 0.4) is 0 Å². The number of nitrogens with one attached hydrogen (secondary N) is 1. The highest BCUT2D eigenvalue weighted by Gasteiger charge is 2.18. The first kappa shape index (κ1) is 14.0. The van der Waals surface area contributed by atoms with Crippen molar-refractivity contribution in [2.45, 2.75) is 39.4 Å². The van der Waals surface area contributed by atoms with Gasteiger partial charge in [0.05, 0.1) is 24.1 Å². The van der Waals surface area contributed by atoms with Crippen molar-refractivity contribution in [3.63, 3.8) is 0 Å². The Kier molecular flexibility index (Phi) is 4.15. The van der Waals surface area contributed by atoms with Gasteiger partial charge in [-0.15, -0.1) is 10.2 Å². The third kappa shape index (κ3) is 2.90. The van der Waals surface area contributed by atoms with Crippen LogP contribution in [0.25, 0.3) is 0 Å². The quantitative estimate of drug-likeness (QED) is 0.907. The van der Waals surface area contributed by atoms with Crippen LogP contribution >= 0.6 is 0 Å². The van der Waals surface area contributed by atoms with E-state index in [0.717, 1.165) is 49.8 Å². The van der Waals surface area contributed by atoms with Crippen molar-refractivity contribution in [2.24, 2.45) is 0 Å². The Morgan fingerprint density at radius 2 is 2.19 bits per heavy atom. The molecule has 3 rings (SSSR count). The third-order valence-electron chi connectivity index (χ3n) is 3.99. The smallest absolute Gasteiger partial charge is 0.152 e. The molecule has 0 saturated heterocycles. The molecule has 1 aliphatic rings. The lowest BCUT2D eigenvalue weighted by Crippen LogP contribution is -2.33. The van der Waals surface area contributed by atoms with Gasteiger partial charge in [0.2, 0.25) is 0 Å². The molecule has 112 valence electrons. The van der Waals surface area contributed by atoms with Gasteiger partial charge in [0.25, 0.3) is 0 Å². The summed E-state index contributed by atoms with van der Waals surface area (Å²) >= 11 is 0. The number of rotatable bonds is 5. The zero-order valence-electron chi connectivity index (χ0n) is 12.7. The summed E-state index contributed by atoms with van der Waals surface area (Å²) in [4.78, 5) is 6.94. The van der Waals surface area contributed by atoms with Crippen molar-refractivity contribution in [3.05, 3.63) is 36.2 Å². The lowest BCUT2D eigenvalue weighted by Gasteiger charge is -2.29. The molecule has 0 bridgehead atoms. The van der Waals surface area contributed by atoms with Crippen molar-refractivity contribution in [2.75, 3.05) is 18.0 Å². The van der Waals surface area contributed by atoms with E-state index in [0.29, 0.717) is 6.04 Å². The van der Waals surface area contributed by atoms with E-state index in [9.17, 15) is 0 Å². The van der Waals surface area contributed by atoms with E-state index in [1.807, 2.05) is 6.20 Å². The van der Waals surface area contributed by atoms with E-state index in [-0.39, 0.29) is 0 Å². The second kappa shape index (κ2) is 6.22. The largest absolute Gasteiger partial charge is 0.361 e. The molecular weight excluding hydrogens is 264 g/mol. The summed E-state index contributed by atoms with van der Waals surface area (Å²) in [6.45, 7) is 7.96. The van der Waals surface area contributed by atoms with Gasteiger partial charge in [-0.05, 0) is 25.1 Å². The van der Waals surface area contributed by atoms with Gasteiger partial charge in [0.15, 0.2) is 5.82 Å². The molecule has 1 unspecified atom stereocenters. The Hall–Kier alpha value is -1.95. The maximum absolute atomic E-state index is 4.64. The zero-order chi connectivity index (χ0) is 14.7. The fraction of sp³-hybridized carbons (Fsp3) is 0.533. The highest BCUT2D eigenvalue weighted by atomic mass is 15.3. The number of anilines is 1. The van der Waals surface area contributed by atoms with Crippen LogP contribution in [0.15, 0.2) is 24.7 Å². The summed E-state index contributed by atoms with van der Waals surface area (Å²) in [7, 11) is 0. The molecule has 0 aliphatic carbocycles. The molecule has 1 N–H and O–H groups in total. The number of pyridine rings is 1. The fourth-order valence-electron chi connectivity index (χ4n) is 2.78. The van der Waals surface area contributed by atoms with E-state index < -0.39 is 0 Å². The van der Waals surface area contributed by atoms with Gasteiger partial charge in [0.1, 0.15) is 6.33 Å². The van der Waals surface area contributed by atoms with Gasteiger partial charge < -0.3 is 14.8 Å². The molecule has 0 aromatic carbocycles. The number of fused-ring (bicyclic) bond motifs is 1. The average Bonchev–Trinajstić information content (AvgIpc) is 3.00. The summed E-state index contributed by atoms with van der Waals surface area (Å²) in [6.07, 6.45) is 4.82. The molecule has 6 nitrogen and oxygen atoms in total. The summed E-state index contributed by atoms with van der Waals surface area (Å²) in [5, 5.41) is 11.6. The Bertz CT molecular complexity index is 576. The molecule has 1 atom stereocenters. The van der Waals surface area contributed by atoms with Crippen LogP contribution in [0.4, 0.5) is 5.69 Å². The molecule has 0 saturated carbocycles. The first-order valence-corrected chi connectivity index (χ1v) is 7.62. The maximum Gasteiger partial charge on any atom is 0.152 e. The molecule has 0 amide bonds. The average molecular weight is 286 g/mol. The highest BCUT2D eigenvalue weighted by molar-refractivity contribution is 5.45. The van der Waals surface area contributed by atoms with E-state index in [1.165, 1.54) is 0 Å².